The second kappa shape index (κ2) is 6.90. The minimum absolute atomic E-state index is 0.000807. The Balaban J connectivity index is 1.74. The van der Waals surface area contributed by atoms with Crippen molar-refractivity contribution in [3.8, 4) is 0 Å². The molecule has 0 aromatic heterocycles. The molecular weight excluding hydrogens is 370 g/mol. The van der Waals surface area contributed by atoms with Crippen LogP contribution in [0.5, 0.6) is 0 Å². The van der Waals surface area contributed by atoms with Crippen LogP contribution in [0.2, 0.25) is 0 Å². The fourth-order valence-corrected chi connectivity index (χ4v) is 4.15. The number of carbonyl (C=O) groups is 2. The van der Waals surface area contributed by atoms with E-state index in [-0.39, 0.29) is 32.0 Å². The number of ether oxygens (including phenoxy) is 1. The second-order valence-electron chi connectivity index (χ2n) is 6.82. The van der Waals surface area contributed by atoms with Crippen LogP contribution in [0.1, 0.15) is 19.3 Å². The SMILES string of the molecule is NC[C@H]1CN[C@H](COC2(C(N)=O)CCC3CN2C(=O)N3OS(=O)(=O)O)C1. The molecule has 3 aliphatic heterocycles. The Morgan fingerprint density at radius 2 is 2.19 bits per heavy atom. The number of nitrogens with two attached hydrogens (primary N) is 2. The molecule has 26 heavy (non-hydrogen) atoms. The molecule has 3 rings (SSSR count). The molecule has 3 fully saturated rings. The lowest BCUT2D eigenvalue weighted by Crippen LogP contribution is -2.62. The van der Waals surface area contributed by atoms with E-state index in [1.807, 2.05) is 0 Å². The van der Waals surface area contributed by atoms with Crippen LogP contribution in [0.3, 0.4) is 0 Å². The summed E-state index contributed by atoms with van der Waals surface area (Å²) in [4.78, 5) is 25.7. The highest BCUT2D eigenvalue weighted by molar-refractivity contribution is 7.80. The van der Waals surface area contributed by atoms with Crippen LogP contribution in [-0.2, 0) is 24.2 Å². The molecule has 0 aliphatic carbocycles. The average molecular weight is 393 g/mol. The molecule has 2 bridgehead atoms. The summed E-state index contributed by atoms with van der Waals surface area (Å²) in [5.74, 6) is -0.526. The predicted molar refractivity (Wildman–Crippen MR) is 86.4 cm³/mol. The highest BCUT2D eigenvalue weighted by atomic mass is 32.3. The lowest BCUT2D eigenvalue weighted by molar-refractivity contribution is -0.175. The van der Waals surface area contributed by atoms with Gasteiger partial charge >= 0.3 is 16.4 Å². The first-order valence-corrected chi connectivity index (χ1v) is 9.68. The summed E-state index contributed by atoms with van der Waals surface area (Å²) in [6.07, 6.45) is 1.10. The average Bonchev–Trinajstić information content (AvgIpc) is 3.12. The van der Waals surface area contributed by atoms with E-state index in [0.29, 0.717) is 17.5 Å². The van der Waals surface area contributed by atoms with Gasteiger partial charge in [0.25, 0.3) is 5.91 Å². The summed E-state index contributed by atoms with van der Waals surface area (Å²) < 4.78 is 40.9. The molecule has 4 atom stereocenters. The predicted octanol–water partition coefficient (Wildman–Crippen LogP) is -2.24. The number of fused-ring (bicyclic) bond motifs is 2. The van der Waals surface area contributed by atoms with E-state index in [9.17, 15) is 18.0 Å². The zero-order valence-electron chi connectivity index (χ0n) is 14.0. The summed E-state index contributed by atoms with van der Waals surface area (Å²) in [5, 5.41) is 3.78. The minimum Gasteiger partial charge on any atom is -0.365 e. The summed E-state index contributed by atoms with van der Waals surface area (Å²) in [5.41, 5.74) is 9.49. The lowest BCUT2D eigenvalue weighted by Gasteiger charge is -2.40. The number of nitrogens with zero attached hydrogens (tertiary/aromatic N) is 2. The van der Waals surface area contributed by atoms with Gasteiger partial charge in [0.1, 0.15) is 0 Å². The van der Waals surface area contributed by atoms with Crippen molar-refractivity contribution in [3.63, 3.8) is 0 Å². The number of rotatable bonds is 7. The van der Waals surface area contributed by atoms with E-state index in [0.717, 1.165) is 17.9 Å². The van der Waals surface area contributed by atoms with Crippen LogP contribution in [0.15, 0.2) is 0 Å². The van der Waals surface area contributed by atoms with Crippen LogP contribution in [0.4, 0.5) is 4.79 Å². The van der Waals surface area contributed by atoms with E-state index in [1.54, 1.807) is 0 Å². The Bertz CT molecular complexity index is 688. The molecule has 0 aromatic rings. The maximum Gasteiger partial charge on any atom is 0.418 e. The van der Waals surface area contributed by atoms with Gasteiger partial charge in [0.2, 0.25) is 5.72 Å². The summed E-state index contributed by atoms with van der Waals surface area (Å²) in [7, 11) is -4.87. The van der Waals surface area contributed by atoms with Crippen molar-refractivity contribution in [1.29, 1.82) is 0 Å². The first-order valence-electron chi connectivity index (χ1n) is 8.31. The van der Waals surface area contributed by atoms with Crippen LogP contribution in [0, 0.1) is 5.92 Å². The van der Waals surface area contributed by atoms with E-state index < -0.39 is 34.1 Å². The zero-order chi connectivity index (χ0) is 19.1. The van der Waals surface area contributed by atoms with Crippen molar-refractivity contribution >= 4 is 22.3 Å². The Kier molecular flexibility index (Phi) is 5.11. The van der Waals surface area contributed by atoms with Gasteiger partial charge in [-0.1, -0.05) is 0 Å². The Morgan fingerprint density at radius 3 is 2.77 bits per heavy atom. The molecule has 12 nitrogen and oxygen atoms in total. The van der Waals surface area contributed by atoms with E-state index in [4.69, 9.17) is 20.8 Å². The number of piperidine rings is 1. The Morgan fingerprint density at radius 1 is 1.46 bits per heavy atom. The molecule has 13 heteroatoms. The molecule has 3 aliphatic rings. The first-order chi connectivity index (χ1) is 12.2. The summed E-state index contributed by atoms with van der Waals surface area (Å²) >= 11 is 0. The normalized spacial score (nSPS) is 34.5. The lowest BCUT2D eigenvalue weighted by atomic mass is 9.96. The topological polar surface area (TPSA) is 178 Å². The van der Waals surface area contributed by atoms with Gasteiger partial charge in [-0.05, 0) is 31.8 Å². The van der Waals surface area contributed by atoms with Crippen molar-refractivity contribution in [2.75, 3.05) is 26.2 Å². The largest absolute Gasteiger partial charge is 0.418 e. The van der Waals surface area contributed by atoms with Crippen molar-refractivity contribution in [1.82, 2.24) is 15.3 Å². The van der Waals surface area contributed by atoms with Crippen LogP contribution < -0.4 is 16.8 Å². The van der Waals surface area contributed by atoms with Crippen LogP contribution in [0.25, 0.3) is 0 Å². The van der Waals surface area contributed by atoms with E-state index in [2.05, 4.69) is 9.60 Å². The van der Waals surface area contributed by atoms with Gasteiger partial charge in [-0.3, -0.25) is 14.2 Å². The highest BCUT2D eigenvalue weighted by Crippen LogP contribution is 2.38. The Hall–Kier alpha value is -1.51. The van der Waals surface area contributed by atoms with Crippen LogP contribution in [-0.4, -0.2) is 78.9 Å². The molecular formula is C13H23N5O7S. The number of amides is 3. The second-order valence-corrected chi connectivity index (χ2v) is 7.82. The van der Waals surface area contributed by atoms with Gasteiger partial charge in [-0.2, -0.15) is 13.5 Å². The molecule has 0 spiro atoms. The zero-order valence-corrected chi connectivity index (χ0v) is 14.9. The number of hydrogen-bond acceptors (Lipinski definition) is 8. The van der Waals surface area contributed by atoms with Crippen molar-refractivity contribution in [2.45, 2.75) is 37.1 Å². The van der Waals surface area contributed by atoms with Gasteiger partial charge < -0.3 is 21.5 Å². The fourth-order valence-electron chi connectivity index (χ4n) is 3.76. The van der Waals surface area contributed by atoms with Crippen molar-refractivity contribution < 1.29 is 31.6 Å². The third-order valence-corrected chi connectivity index (χ3v) is 5.48. The number of hydroxylamine groups is 2. The van der Waals surface area contributed by atoms with Crippen molar-refractivity contribution in [3.05, 3.63) is 0 Å². The molecule has 0 radical (unpaired) electrons. The van der Waals surface area contributed by atoms with Gasteiger partial charge in [0.05, 0.1) is 12.6 Å². The monoisotopic (exact) mass is 393 g/mol. The molecule has 0 saturated carbocycles. The van der Waals surface area contributed by atoms with Gasteiger partial charge in [0, 0.05) is 19.0 Å². The maximum atomic E-state index is 12.5. The quantitative estimate of drug-likeness (QED) is 0.348. The molecule has 148 valence electrons. The highest BCUT2D eigenvalue weighted by Gasteiger charge is 2.58. The van der Waals surface area contributed by atoms with Crippen molar-refractivity contribution in [2.24, 2.45) is 17.4 Å². The number of nitrogens with one attached hydrogen (secondary N) is 1. The van der Waals surface area contributed by atoms with Gasteiger partial charge in [-0.25, -0.2) is 4.79 Å². The summed E-state index contributed by atoms with van der Waals surface area (Å²) in [6.45, 7) is 1.43. The summed E-state index contributed by atoms with van der Waals surface area (Å²) in [6, 6.07) is -1.56. The van der Waals surface area contributed by atoms with E-state index >= 15 is 0 Å². The number of hydrogen-bond donors (Lipinski definition) is 4. The van der Waals surface area contributed by atoms with Gasteiger partial charge in [-0.15, -0.1) is 4.28 Å². The molecule has 6 N–H and O–H groups in total. The van der Waals surface area contributed by atoms with Gasteiger partial charge in [0.15, 0.2) is 0 Å². The molecule has 0 aromatic carbocycles. The number of carbonyl (C=O) groups excluding carboxylic acids is 2. The standard InChI is InChI=1S/C13H23N5O7S/c14-4-8-3-9(16-5-8)7-24-13(11(15)19)2-1-10-6-17(13)12(20)18(10)25-26(21,22)23/h8-10,16H,1-7,14H2,(H2,15,19)(H,21,22,23)/t8-,9-,10?,13?/m0/s1. The third kappa shape index (κ3) is 3.50. The third-order valence-electron chi connectivity index (χ3n) is 5.13. The molecule has 3 saturated heterocycles. The smallest absolute Gasteiger partial charge is 0.365 e. The minimum atomic E-state index is -4.87. The van der Waals surface area contributed by atoms with Crippen LogP contribution >= 0.6 is 0 Å². The Labute approximate surface area is 150 Å². The fraction of sp³-hybridized carbons (Fsp3) is 0.846. The molecule has 3 heterocycles. The molecule has 2 unspecified atom stereocenters. The number of urea groups is 1. The number of primary amides is 1. The maximum absolute atomic E-state index is 12.5. The molecule has 3 amide bonds. The van der Waals surface area contributed by atoms with E-state index in [1.165, 1.54) is 0 Å². The first kappa shape index (κ1) is 19.3.